The molecule has 1 aliphatic carbocycles. The molecule has 0 bridgehead atoms. The summed E-state index contributed by atoms with van der Waals surface area (Å²) >= 11 is 0. The fourth-order valence-electron chi connectivity index (χ4n) is 3.71. The zero-order chi connectivity index (χ0) is 17.9. The number of carbonyl (C=O) groups is 2. The number of ether oxygens (including phenoxy) is 1. The van der Waals surface area contributed by atoms with E-state index in [-0.39, 0.29) is 36.2 Å². The lowest BCUT2D eigenvalue weighted by Gasteiger charge is -2.23. The molecule has 2 amide bonds. The van der Waals surface area contributed by atoms with Gasteiger partial charge >= 0.3 is 0 Å². The predicted molar refractivity (Wildman–Crippen MR) is 99.8 cm³/mol. The second kappa shape index (κ2) is 7.46. The number of rotatable bonds is 5. The van der Waals surface area contributed by atoms with Crippen LogP contribution >= 0.6 is 0 Å². The first kappa shape index (κ1) is 17.0. The monoisotopic (exact) mass is 352 g/mol. The SMILES string of the molecule is O=C(CNC(=O)[C@@H]1C[C@H]1c1ccc2ccccc2c1)NC1CCOCC1. The van der Waals surface area contributed by atoms with Crippen LogP contribution in [0.3, 0.4) is 0 Å². The predicted octanol–water partition coefficient (Wildman–Crippen LogP) is 2.35. The molecule has 1 heterocycles. The third-order valence-electron chi connectivity index (χ3n) is 5.34. The van der Waals surface area contributed by atoms with Crippen LogP contribution in [-0.4, -0.2) is 37.6 Å². The van der Waals surface area contributed by atoms with Gasteiger partial charge in [-0.3, -0.25) is 9.59 Å². The van der Waals surface area contributed by atoms with Gasteiger partial charge in [-0.1, -0.05) is 42.5 Å². The highest BCUT2D eigenvalue weighted by Gasteiger charge is 2.43. The Balaban J connectivity index is 1.27. The fraction of sp³-hybridized carbons (Fsp3) is 0.429. The molecule has 0 spiro atoms. The molecule has 0 aromatic heterocycles. The van der Waals surface area contributed by atoms with Crippen LogP contribution < -0.4 is 10.6 Å². The summed E-state index contributed by atoms with van der Waals surface area (Å²) in [5.41, 5.74) is 1.20. The molecule has 5 nitrogen and oxygen atoms in total. The first-order valence-electron chi connectivity index (χ1n) is 9.34. The van der Waals surface area contributed by atoms with E-state index in [2.05, 4.69) is 41.0 Å². The van der Waals surface area contributed by atoms with E-state index in [0.29, 0.717) is 13.2 Å². The molecule has 4 rings (SSSR count). The Morgan fingerprint density at radius 3 is 2.62 bits per heavy atom. The number of hydrogen-bond acceptors (Lipinski definition) is 3. The Hall–Kier alpha value is -2.40. The summed E-state index contributed by atoms with van der Waals surface area (Å²) < 4.78 is 5.28. The second-order valence-electron chi connectivity index (χ2n) is 7.23. The van der Waals surface area contributed by atoms with Crippen molar-refractivity contribution in [2.75, 3.05) is 19.8 Å². The summed E-state index contributed by atoms with van der Waals surface area (Å²) in [6, 6.07) is 14.8. The smallest absolute Gasteiger partial charge is 0.239 e. The van der Waals surface area contributed by atoms with E-state index in [1.807, 2.05) is 12.1 Å². The van der Waals surface area contributed by atoms with Crippen LogP contribution in [0.2, 0.25) is 0 Å². The van der Waals surface area contributed by atoms with Crippen molar-refractivity contribution in [3.63, 3.8) is 0 Å². The van der Waals surface area contributed by atoms with Crippen LogP contribution in [0.25, 0.3) is 10.8 Å². The fourth-order valence-corrected chi connectivity index (χ4v) is 3.71. The zero-order valence-corrected chi connectivity index (χ0v) is 14.7. The van der Waals surface area contributed by atoms with Crippen LogP contribution in [0.5, 0.6) is 0 Å². The molecule has 136 valence electrons. The minimum atomic E-state index is -0.117. The summed E-state index contributed by atoms with van der Waals surface area (Å²) in [4.78, 5) is 24.3. The number of fused-ring (bicyclic) bond motifs is 1. The molecule has 0 radical (unpaired) electrons. The minimum absolute atomic E-state index is 0.0213. The summed E-state index contributed by atoms with van der Waals surface area (Å²) in [5.74, 6) is 0.101. The normalized spacial score (nSPS) is 22.8. The molecule has 2 atom stereocenters. The van der Waals surface area contributed by atoms with Crippen LogP contribution in [0, 0.1) is 5.92 Å². The Labute approximate surface area is 153 Å². The van der Waals surface area contributed by atoms with Crippen LogP contribution in [0.1, 0.15) is 30.7 Å². The van der Waals surface area contributed by atoms with Crippen molar-refractivity contribution < 1.29 is 14.3 Å². The maximum absolute atomic E-state index is 12.3. The number of benzene rings is 2. The van der Waals surface area contributed by atoms with Crippen molar-refractivity contribution in [2.24, 2.45) is 5.92 Å². The number of amides is 2. The standard InChI is InChI=1S/C21H24N2O3/c24-20(23-17-7-9-26-10-8-17)13-22-21(25)19-12-18(19)16-6-5-14-3-1-2-4-15(14)11-16/h1-6,11,17-19H,7-10,12-13H2,(H,22,25)(H,23,24)/t18-,19+/m0/s1. The van der Waals surface area contributed by atoms with E-state index in [4.69, 9.17) is 4.74 Å². The number of carbonyl (C=O) groups excluding carboxylic acids is 2. The molecule has 0 unspecified atom stereocenters. The van der Waals surface area contributed by atoms with Crippen molar-refractivity contribution >= 4 is 22.6 Å². The Bertz CT molecular complexity index is 814. The van der Waals surface area contributed by atoms with Gasteiger partial charge in [0, 0.05) is 25.2 Å². The van der Waals surface area contributed by atoms with E-state index in [9.17, 15) is 9.59 Å². The molecule has 1 saturated heterocycles. The van der Waals surface area contributed by atoms with Gasteiger partial charge in [0.2, 0.25) is 11.8 Å². The Kier molecular flexibility index (Phi) is 4.89. The van der Waals surface area contributed by atoms with Gasteiger partial charge in [-0.25, -0.2) is 0 Å². The molecule has 5 heteroatoms. The van der Waals surface area contributed by atoms with Crippen molar-refractivity contribution in [1.29, 1.82) is 0 Å². The third kappa shape index (κ3) is 3.88. The zero-order valence-electron chi connectivity index (χ0n) is 14.7. The summed E-state index contributed by atoms with van der Waals surface area (Å²) in [7, 11) is 0. The van der Waals surface area contributed by atoms with Gasteiger partial charge in [0.15, 0.2) is 0 Å². The lowest BCUT2D eigenvalue weighted by atomic mass is 10.0. The van der Waals surface area contributed by atoms with Crippen molar-refractivity contribution in [2.45, 2.75) is 31.2 Å². The first-order chi connectivity index (χ1) is 12.7. The summed E-state index contributed by atoms with van der Waals surface area (Å²) in [5, 5.41) is 8.16. The molecule has 26 heavy (non-hydrogen) atoms. The van der Waals surface area contributed by atoms with E-state index in [1.54, 1.807) is 0 Å². The van der Waals surface area contributed by atoms with Gasteiger partial charge < -0.3 is 15.4 Å². The highest BCUT2D eigenvalue weighted by Crippen LogP contribution is 2.48. The van der Waals surface area contributed by atoms with Gasteiger partial charge in [0.25, 0.3) is 0 Å². The molecule has 2 aromatic rings. The van der Waals surface area contributed by atoms with Crippen molar-refractivity contribution in [1.82, 2.24) is 10.6 Å². The molecule has 2 aliphatic rings. The second-order valence-corrected chi connectivity index (χ2v) is 7.23. The average Bonchev–Trinajstić information content (AvgIpc) is 3.47. The van der Waals surface area contributed by atoms with Gasteiger partial charge in [0.05, 0.1) is 6.54 Å². The van der Waals surface area contributed by atoms with Crippen LogP contribution in [-0.2, 0) is 14.3 Å². The van der Waals surface area contributed by atoms with Crippen LogP contribution in [0.4, 0.5) is 0 Å². The Morgan fingerprint density at radius 2 is 1.81 bits per heavy atom. The van der Waals surface area contributed by atoms with E-state index in [1.165, 1.54) is 16.3 Å². The van der Waals surface area contributed by atoms with E-state index < -0.39 is 0 Å². The highest BCUT2D eigenvalue weighted by molar-refractivity contribution is 5.89. The molecular formula is C21H24N2O3. The summed E-state index contributed by atoms with van der Waals surface area (Å²) in [6.45, 7) is 1.43. The largest absolute Gasteiger partial charge is 0.381 e. The highest BCUT2D eigenvalue weighted by atomic mass is 16.5. The molecule has 2 aromatic carbocycles. The average molecular weight is 352 g/mol. The molecule has 2 fully saturated rings. The number of nitrogens with one attached hydrogen (secondary N) is 2. The van der Waals surface area contributed by atoms with Gasteiger partial charge in [0.1, 0.15) is 0 Å². The summed E-state index contributed by atoms with van der Waals surface area (Å²) in [6.07, 6.45) is 2.53. The molecular weight excluding hydrogens is 328 g/mol. The lowest BCUT2D eigenvalue weighted by molar-refractivity contribution is -0.127. The minimum Gasteiger partial charge on any atom is -0.381 e. The van der Waals surface area contributed by atoms with E-state index in [0.717, 1.165) is 19.3 Å². The quantitative estimate of drug-likeness (QED) is 0.868. The van der Waals surface area contributed by atoms with Gasteiger partial charge in [-0.05, 0) is 41.5 Å². The first-order valence-corrected chi connectivity index (χ1v) is 9.34. The van der Waals surface area contributed by atoms with Gasteiger partial charge in [-0.15, -0.1) is 0 Å². The maximum Gasteiger partial charge on any atom is 0.239 e. The van der Waals surface area contributed by atoms with Crippen molar-refractivity contribution in [3.8, 4) is 0 Å². The van der Waals surface area contributed by atoms with Crippen LogP contribution in [0.15, 0.2) is 42.5 Å². The van der Waals surface area contributed by atoms with Crippen molar-refractivity contribution in [3.05, 3.63) is 48.0 Å². The van der Waals surface area contributed by atoms with Gasteiger partial charge in [-0.2, -0.15) is 0 Å². The number of hydrogen-bond donors (Lipinski definition) is 2. The lowest BCUT2D eigenvalue weighted by Crippen LogP contribution is -2.44. The maximum atomic E-state index is 12.3. The topological polar surface area (TPSA) is 67.4 Å². The molecule has 1 saturated carbocycles. The Morgan fingerprint density at radius 1 is 1.04 bits per heavy atom. The third-order valence-corrected chi connectivity index (χ3v) is 5.34. The van der Waals surface area contributed by atoms with E-state index >= 15 is 0 Å². The molecule has 2 N–H and O–H groups in total. The molecule has 1 aliphatic heterocycles.